The van der Waals surface area contributed by atoms with Crippen LogP contribution in [-0.4, -0.2) is 68.7 Å². The highest BCUT2D eigenvalue weighted by Crippen LogP contribution is 2.66. The molecule has 0 aliphatic carbocycles. The molecule has 8 N–H and O–H groups in total. The molecule has 2 rings (SSSR count). The van der Waals surface area contributed by atoms with Crippen LogP contribution in [0, 0.1) is 12.3 Å². The second kappa shape index (κ2) is 8.77. The molecule has 0 bridgehead atoms. The molecule has 0 amide bonds. The van der Waals surface area contributed by atoms with Crippen molar-refractivity contribution in [3.63, 3.8) is 0 Å². The zero-order chi connectivity index (χ0) is 23.8. The number of nitrogens with two attached hydrogens (primary N) is 1. The van der Waals surface area contributed by atoms with E-state index in [4.69, 9.17) is 31.6 Å². The van der Waals surface area contributed by atoms with Gasteiger partial charge in [-0.05, 0) is 0 Å². The maximum Gasteiger partial charge on any atom is 0.490 e. The first-order valence-corrected chi connectivity index (χ1v) is 12.0. The molecular formula is C10H15N4O14P3. The average molecular weight is 508 g/mol. The average Bonchev–Trinajstić information content (AvgIpc) is 2.82. The highest BCUT2D eigenvalue weighted by molar-refractivity contribution is 7.66. The molecule has 0 radical (unpaired) electrons. The summed E-state index contributed by atoms with van der Waals surface area (Å²) in [6, 6.07) is 0. The first-order chi connectivity index (χ1) is 14.0. The minimum absolute atomic E-state index is 0.423. The minimum atomic E-state index is -5.77. The molecule has 2 heterocycles. The highest BCUT2D eigenvalue weighted by atomic mass is 31.3. The molecular weight excluding hydrogens is 493 g/mol. The molecule has 3 unspecified atom stereocenters. The number of rotatable bonds is 8. The number of aliphatic hydroxyl groups excluding tert-OH is 1. The molecule has 1 saturated heterocycles. The van der Waals surface area contributed by atoms with Gasteiger partial charge < -0.3 is 40.3 Å². The van der Waals surface area contributed by atoms with Gasteiger partial charge in [-0.15, -0.1) is 6.42 Å². The number of anilines is 1. The third-order valence-corrected chi connectivity index (χ3v) is 7.33. The topological polar surface area (TPSA) is 283 Å². The van der Waals surface area contributed by atoms with E-state index in [9.17, 15) is 33.6 Å². The fraction of sp³-hybridized carbons (Fsp3) is 0.500. The van der Waals surface area contributed by atoms with E-state index < -0.39 is 65.7 Å². The molecule has 174 valence electrons. The van der Waals surface area contributed by atoms with Crippen molar-refractivity contribution in [2.24, 2.45) is 0 Å². The Kier molecular flexibility index (Phi) is 7.28. The number of ether oxygens (including phenoxy) is 1. The van der Waals surface area contributed by atoms with Crippen molar-refractivity contribution in [3.05, 3.63) is 16.8 Å². The van der Waals surface area contributed by atoms with Gasteiger partial charge in [0.25, 0.3) is 0 Å². The molecule has 6 atom stereocenters. The lowest BCUT2D eigenvalue weighted by Gasteiger charge is -2.25. The fourth-order valence-electron chi connectivity index (χ4n) is 2.33. The van der Waals surface area contributed by atoms with Gasteiger partial charge >= 0.3 is 29.2 Å². The van der Waals surface area contributed by atoms with E-state index in [0.29, 0.717) is 4.57 Å². The summed E-state index contributed by atoms with van der Waals surface area (Å²) in [4.78, 5) is 54.2. The van der Waals surface area contributed by atoms with Crippen molar-refractivity contribution in [3.8, 4) is 12.3 Å². The summed E-state index contributed by atoms with van der Waals surface area (Å²) >= 11 is 0. The number of hydrogen-bond acceptors (Lipinski definition) is 13. The van der Waals surface area contributed by atoms with Gasteiger partial charge in [0.05, 0.1) is 6.61 Å². The van der Waals surface area contributed by atoms with Crippen molar-refractivity contribution in [2.75, 3.05) is 12.3 Å². The maximum atomic E-state index is 12.0. The number of nitrogen functional groups attached to an aromatic ring is 1. The van der Waals surface area contributed by atoms with Crippen LogP contribution in [0.5, 0.6) is 0 Å². The third kappa shape index (κ3) is 6.25. The van der Waals surface area contributed by atoms with E-state index in [1.165, 1.54) is 0 Å². The molecule has 1 aliphatic rings. The van der Waals surface area contributed by atoms with Gasteiger partial charge in [0.1, 0.15) is 18.5 Å². The van der Waals surface area contributed by atoms with Crippen LogP contribution >= 0.6 is 23.5 Å². The number of phosphoric ester groups is 1. The molecule has 21 heteroatoms. The van der Waals surface area contributed by atoms with Crippen molar-refractivity contribution in [1.29, 1.82) is 0 Å². The Morgan fingerprint density at radius 2 is 1.87 bits per heavy atom. The molecule has 0 saturated carbocycles. The normalized spacial score (nSPS) is 30.3. The summed E-state index contributed by atoms with van der Waals surface area (Å²) < 4.78 is 50.8. The van der Waals surface area contributed by atoms with Gasteiger partial charge in [0.2, 0.25) is 5.95 Å². The van der Waals surface area contributed by atoms with Gasteiger partial charge in [-0.3, -0.25) is 9.09 Å². The zero-order valence-corrected chi connectivity index (χ0v) is 17.5. The predicted octanol–water partition coefficient (Wildman–Crippen LogP) is -2.81. The van der Waals surface area contributed by atoms with Gasteiger partial charge in [-0.1, -0.05) is 5.92 Å². The van der Waals surface area contributed by atoms with Crippen LogP contribution in [0.3, 0.4) is 0 Å². The summed E-state index contributed by atoms with van der Waals surface area (Å²) in [5.74, 6) is 1.37. The monoisotopic (exact) mass is 508 g/mol. The zero-order valence-electron chi connectivity index (χ0n) is 14.8. The summed E-state index contributed by atoms with van der Waals surface area (Å²) in [5.41, 5.74) is 1.55. The number of hydrogen-bond donors (Lipinski definition) is 7. The quantitative estimate of drug-likeness (QED) is 0.138. The summed E-state index contributed by atoms with van der Waals surface area (Å²) in [6.45, 7) is -1.14. The largest absolute Gasteiger partial charge is 0.490 e. The van der Waals surface area contributed by atoms with E-state index in [1.807, 2.05) is 0 Å². The van der Waals surface area contributed by atoms with E-state index in [1.54, 1.807) is 5.92 Å². The Bertz CT molecular complexity index is 1080. The van der Waals surface area contributed by atoms with Gasteiger partial charge in [-0.25, -0.2) is 23.5 Å². The third-order valence-electron chi connectivity index (χ3n) is 3.53. The lowest BCUT2D eigenvalue weighted by molar-refractivity contribution is -0.0765. The van der Waals surface area contributed by atoms with Crippen molar-refractivity contribution in [1.82, 2.24) is 14.5 Å². The number of aromatic nitrogens is 3. The Morgan fingerprint density at radius 3 is 2.39 bits per heavy atom. The number of aliphatic hydroxyl groups is 2. The van der Waals surface area contributed by atoms with Crippen LogP contribution in [0.25, 0.3) is 0 Å². The van der Waals surface area contributed by atoms with E-state index >= 15 is 0 Å². The summed E-state index contributed by atoms with van der Waals surface area (Å²) in [5, 5.41) is 20.8. The summed E-state index contributed by atoms with van der Waals surface area (Å²) in [7, 11) is -16.9. The molecule has 1 fully saturated rings. The molecule has 1 aromatic heterocycles. The minimum Gasteiger partial charge on any atom is -0.386 e. The van der Waals surface area contributed by atoms with E-state index in [0.717, 1.165) is 6.33 Å². The number of nitrogens with zero attached hydrogens (tertiary/aromatic N) is 3. The van der Waals surface area contributed by atoms with Crippen molar-refractivity contribution in [2.45, 2.75) is 24.0 Å². The lowest BCUT2D eigenvalue weighted by Crippen LogP contribution is -2.47. The molecule has 1 aromatic rings. The van der Waals surface area contributed by atoms with Gasteiger partial charge in [0, 0.05) is 0 Å². The van der Waals surface area contributed by atoms with Crippen LogP contribution in [0.4, 0.5) is 5.95 Å². The smallest absolute Gasteiger partial charge is 0.386 e. The standard InChI is InChI=1S/C10H15N4O14P3/c1-2-10(17)6(15)5(26-7(10)14-4-12-8(11)13-9(14)16)3-25-30(21,22)28-31(23,24)27-29(18,19)20/h1,4-7,15,17H,3H2,(H,21,22)(H,23,24)(H2,11,13,16)(H2,18,19,20)/t5-,6+,7-,10?/m1/s1. The van der Waals surface area contributed by atoms with Crippen LogP contribution in [0.1, 0.15) is 6.23 Å². The molecule has 0 spiro atoms. The Morgan fingerprint density at radius 1 is 1.26 bits per heavy atom. The van der Waals surface area contributed by atoms with Crippen LogP contribution < -0.4 is 11.4 Å². The SMILES string of the molecule is C#CC1(O)[C@@H](O)[C@@H](COP(=O)(O)OP(=O)(O)OP(=O)(O)O)O[C@H]1n1cnc(N)nc1=O. The fourth-order valence-corrected chi connectivity index (χ4v) is 5.35. The Balaban J connectivity index is 2.18. The molecule has 31 heavy (non-hydrogen) atoms. The number of phosphoric acid groups is 3. The van der Waals surface area contributed by atoms with E-state index in [-0.39, 0.29) is 0 Å². The lowest BCUT2D eigenvalue weighted by atomic mass is 9.95. The number of terminal acetylenes is 1. The molecule has 1 aliphatic heterocycles. The second-order valence-corrected chi connectivity index (χ2v) is 10.2. The van der Waals surface area contributed by atoms with Crippen LogP contribution in [0.2, 0.25) is 0 Å². The van der Waals surface area contributed by atoms with Crippen LogP contribution in [-0.2, 0) is 31.6 Å². The van der Waals surface area contributed by atoms with Crippen LogP contribution in [0.15, 0.2) is 11.1 Å². The Labute approximate surface area is 171 Å². The van der Waals surface area contributed by atoms with Gasteiger partial charge in [0.15, 0.2) is 11.8 Å². The molecule has 18 nitrogen and oxygen atoms in total. The van der Waals surface area contributed by atoms with E-state index in [2.05, 4.69) is 23.1 Å². The van der Waals surface area contributed by atoms with Crippen molar-refractivity contribution < 1.29 is 61.4 Å². The maximum absolute atomic E-state index is 12.0. The molecule has 0 aromatic carbocycles. The summed E-state index contributed by atoms with van der Waals surface area (Å²) in [6.07, 6.45) is 0.372. The highest BCUT2D eigenvalue weighted by Gasteiger charge is 2.56. The van der Waals surface area contributed by atoms with Crippen molar-refractivity contribution >= 4 is 29.4 Å². The first kappa shape index (κ1) is 25.7. The second-order valence-electron chi connectivity index (χ2n) is 5.73. The predicted molar refractivity (Wildman–Crippen MR) is 94.2 cm³/mol. The first-order valence-electron chi connectivity index (χ1n) is 7.52. The van der Waals surface area contributed by atoms with Gasteiger partial charge in [-0.2, -0.15) is 13.6 Å². The Hall–Kier alpha value is -1.54.